The molecule has 1 atom stereocenters. The average Bonchev–Trinajstić information content (AvgIpc) is 2.34. The minimum Gasteiger partial charge on any atom is -0.479 e. The van der Waals surface area contributed by atoms with E-state index < -0.39 is 18.2 Å². The Morgan fingerprint density at radius 3 is 2.53 bits per heavy atom. The zero-order valence-electron chi connectivity index (χ0n) is 9.00. The van der Waals surface area contributed by atoms with Crippen molar-refractivity contribution in [3.63, 3.8) is 0 Å². The summed E-state index contributed by atoms with van der Waals surface area (Å²) in [5.74, 6) is -1.40. The number of hydrogen-bond acceptors (Lipinski definition) is 4. The Kier molecular flexibility index (Phi) is 4.96. The summed E-state index contributed by atoms with van der Waals surface area (Å²) in [6.45, 7) is -0.293. The fraction of sp³-hybridized carbons (Fsp3) is 0.273. The third-order valence-electron chi connectivity index (χ3n) is 1.94. The molecule has 17 heavy (non-hydrogen) atoms. The van der Waals surface area contributed by atoms with Gasteiger partial charge in [0.05, 0.1) is 6.54 Å². The minimum atomic E-state index is -1.63. The Hall–Kier alpha value is -2.08. The molecule has 0 spiro atoms. The highest BCUT2D eigenvalue weighted by atomic mass is 16.5. The molecular weight excluding hydrogens is 226 g/mol. The van der Waals surface area contributed by atoms with E-state index in [9.17, 15) is 9.59 Å². The lowest BCUT2D eigenvalue weighted by atomic mass is 10.2. The van der Waals surface area contributed by atoms with Crippen LogP contribution in [0.2, 0.25) is 0 Å². The quantitative estimate of drug-likeness (QED) is 0.689. The molecule has 6 nitrogen and oxygen atoms in total. The van der Waals surface area contributed by atoms with E-state index >= 15 is 0 Å². The Morgan fingerprint density at radius 2 is 1.94 bits per heavy atom. The van der Waals surface area contributed by atoms with Gasteiger partial charge in [0.1, 0.15) is 6.61 Å². The summed E-state index contributed by atoms with van der Waals surface area (Å²) < 4.78 is 4.80. The smallest absolute Gasteiger partial charge is 0.407 e. The molecule has 0 saturated heterocycles. The van der Waals surface area contributed by atoms with Crippen LogP contribution in [-0.2, 0) is 16.1 Å². The molecule has 0 bridgehead atoms. The maximum atomic E-state index is 11.1. The Labute approximate surface area is 97.8 Å². The van der Waals surface area contributed by atoms with Gasteiger partial charge in [-0.1, -0.05) is 30.3 Å². The van der Waals surface area contributed by atoms with Crippen LogP contribution in [0.15, 0.2) is 30.3 Å². The molecular formula is C11H13NO5. The number of amides is 1. The van der Waals surface area contributed by atoms with Crippen molar-refractivity contribution in [2.75, 3.05) is 6.54 Å². The third-order valence-corrected chi connectivity index (χ3v) is 1.94. The number of rotatable bonds is 5. The zero-order valence-corrected chi connectivity index (χ0v) is 9.00. The first-order valence-corrected chi connectivity index (χ1v) is 4.95. The van der Waals surface area contributed by atoms with Crippen LogP contribution in [0.25, 0.3) is 0 Å². The summed E-state index contributed by atoms with van der Waals surface area (Å²) in [5, 5.41) is 19.4. The van der Waals surface area contributed by atoms with Crippen LogP contribution < -0.4 is 5.32 Å². The van der Waals surface area contributed by atoms with E-state index in [1.165, 1.54) is 0 Å². The molecule has 0 aliphatic rings. The van der Waals surface area contributed by atoms with E-state index in [1.807, 2.05) is 18.2 Å². The van der Waals surface area contributed by atoms with Crippen LogP contribution in [0.4, 0.5) is 4.79 Å². The van der Waals surface area contributed by atoms with Crippen LogP contribution in [0.3, 0.4) is 0 Å². The van der Waals surface area contributed by atoms with Gasteiger partial charge >= 0.3 is 12.1 Å². The van der Waals surface area contributed by atoms with Gasteiger partial charge in [-0.3, -0.25) is 0 Å². The Bertz CT molecular complexity index is 379. The second-order valence-electron chi connectivity index (χ2n) is 3.30. The number of carbonyl (C=O) groups is 2. The van der Waals surface area contributed by atoms with Gasteiger partial charge in [-0.05, 0) is 5.56 Å². The summed E-state index contributed by atoms with van der Waals surface area (Å²) in [6, 6.07) is 9.04. The number of nitrogens with one attached hydrogen (secondary N) is 1. The van der Waals surface area contributed by atoms with Crippen molar-refractivity contribution in [1.82, 2.24) is 5.32 Å². The van der Waals surface area contributed by atoms with E-state index in [1.54, 1.807) is 12.1 Å². The Balaban J connectivity index is 2.24. The van der Waals surface area contributed by atoms with Crippen molar-refractivity contribution < 1.29 is 24.5 Å². The average molecular weight is 239 g/mol. The van der Waals surface area contributed by atoms with E-state index in [0.29, 0.717) is 0 Å². The first-order valence-electron chi connectivity index (χ1n) is 4.95. The maximum absolute atomic E-state index is 11.1. The number of ether oxygens (including phenoxy) is 1. The number of carbonyl (C=O) groups excluding carboxylic acids is 1. The number of aliphatic hydroxyl groups excluding tert-OH is 1. The molecule has 0 radical (unpaired) electrons. The van der Waals surface area contributed by atoms with Crippen molar-refractivity contribution in [3.8, 4) is 0 Å². The normalized spacial score (nSPS) is 11.6. The summed E-state index contributed by atoms with van der Waals surface area (Å²) >= 11 is 0. The molecule has 0 aromatic heterocycles. The molecule has 1 amide bonds. The lowest BCUT2D eigenvalue weighted by molar-refractivity contribution is -0.146. The van der Waals surface area contributed by atoms with Crippen LogP contribution in [-0.4, -0.2) is 34.9 Å². The fourth-order valence-corrected chi connectivity index (χ4v) is 1.04. The second-order valence-corrected chi connectivity index (χ2v) is 3.30. The van der Waals surface area contributed by atoms with Gasteiger partial charge < -0.3 is 20.3 Å². The molecule has 1 aromatic rings. The zero-order chi connectivity index (χ0) is 12.7. The number of benzene rings is 1. The van der Waals surface area contributed by atoms with Crippen LogP contribution in [0, 0.1) is 0 Å². The van der Waals surface area contributed by atoms with Gasteiger partial charge in [-0.15, -0.1) is 0 Å². The first kappa shape index (κ1) is 13.0. The summed E-state index contributed by atoms with van der Waals surface area (Å²) in [7, 11) is 0. The number of carboxylic acids is 1. The van der Waals surface area contributed by atoms with E-state index in [2.05, 4.69) is 5.32 Å². The number of aliphatic carboxylic acids is 1. The summed E-state index contributed by atoms with van der Waals surface area (Å²) in [6.07, 6.45) is -2.39. The summed E-state index contributed by atoms with van der Waals surface area (Å²) in [4.78, 5) is 21.4. The molecule has 92 valence electrons. The highest BCUT2D eigenvalue weighted by Gasteiger charge is 2.14. The molecule has 0 aliphatic heterocycles. The molecule has 0 saturated carbocycles. The van der Waals surface area contributed by atoms with Gasteiger partial charge in [0.2, 0.25) is 0 Å². The monoisotopic (exact) mass is 239 g/mol. The molecule has 1 rings (SSSR count). The lowest BCUT2D eigenvalue weighted by Gasteiger charge is -2.08. The predicted octanol–water partition coefficient (Wildman–Crippen LogP) is 0.358. The van der Waals surface area contributed by atoms with Gasteiger partial charge in [-0.25, -0.2) is 9.59 Å². The molecule has 3 N–H and O–H groups in total. The SMILES string of the molecule is O=C(NCC(O)C(=O)O)OCc1ccccc1. The second kappa shape index (κ2) is 6.49. The van der Waals surface area contributed by atoms with Crippen LogP contribution >= 0.6 is 0 Å². The lowest BCUT2D eigenvalue weighted by Crippen LogP contribution is -2.36. The van der Waals surface area contributed by atoms with E-state index in [4.69, 9.17) is 14.9 Å². The largest absolute Gasteiger partial charge is 0.479 e. The number of alkyl carbamates (subject to hydrolysis) is 1. The molecule has 1 unspecified atom stereocenters. The molecule has 0 fully saturated rings. The highest BCUT2D eigenvalue weighted by molar-refractivity contribution is 5.74. The van der Waals surface area contributed by atoms with Gasteiger partial charge in [0.25, 0.3) is 0 Å². The van der Waals surface area contributed by atoms with E-state index in [0.717, 1.165) is 5.56 Å². The third kappa shape index (κ3) is 4.98. The molecule has 0 heterocycles. The van der Waals surface area contributed by atoms with Crippen molar-refractivity contribution in [2.45, 2.75) is 12.7 Å². The topological polar surface area (TPSA) is 95.9 Å². The molecule has 0 aliphatic carbocycles. The standard InChI is InChI=1S/C11H13NO5/c13-9(10(14)15)6-12-11(16)17-7-8-4-2-1-3-5-8/h1-5,9,13H,6-7H2,(H,12,16)(H,14,15). The van der Waals surface area contributed by atoms with Crippen molar-refractivity contribution in [3.05, 3.63) is 35.9 Å². The van der Waals surface area contributed by atoms with Crippen molar-refractivity contribution >= 4 is 12.1 Å². The highest BCUT2D eigenvalue weighted by Crippen LogP contribution is 2.00. The van der Waals surface area contributed by atoms with Crippen LogP contribution in [0.1, 0.15) is 5.56 Å². The van der Waals surface area contributed by atoms with Crippen LogP contribution in [0.5, 0.6) is 0 Å². The number of carboxylic acid groups (broad SMARTS) is 1. The number of aliphatic hydroxyl groups is 1. The maximum Gasteiger partial charge on any atom is 0.407 e. The number of hydrogen-bond donors (Lipinski definition) is 3. The summed E-state index contributed by atoms with van der Waals surface area (Å²) in [5.41, 5.74) is 0.821. The minimum absolute atomic E-state index is 0.0931. The van der Waals surface area contributed by atoms with E-state index in [-0.39, 0.29) is 13.2 Å². The first-order chi connectivity index (χ1) is 8.09. The Morgan fingerprint density at radius 1 is 1.29 bits per heavy atom. The van der Waals surface area contributed by atoms with Gasteiger partial charge in [0, 0.05) is 0 Å². The predicted molar refractivity (Wildman–Crippen MR) is 58.3 cm³/mol. The van der Waals surface area contributed by atoms with Crippen molar-refractivity contribution in [1.29, 1.82) is 0 Å². The molecule has 1 aromatic carbocycles. The fourth-order valence-electron chi connectivity index (χ4n) is 1.04. The molecule has 6 heteroatoms. The van der Waals surface area contributed by atoms with Gasteiger partial charge in [0.15, 0.2) is 6.10 Å². The van der Waals surface area contributed by atoms with Gasteiger partial charge in [-0.2, -0.15) is 0 Å². The van der Waals surface area contributed by atoms with Crippen molar-refractivity contribution in [2.24, 2.45) is 0 Å².